The number of hydrogen-bond acceptors (Lipinski definition) is 2. The Morgan fingerprint density at radius 2 is 2.12 bits per heavy atom. The molecule has 0 aliphatic rings. The van der Waals surface area contributed by atoms with Crippen LogP contribution >= 0.6 is 0 Å². The molecule has 0 fully saturated rings. The average molecular weight is 232 g/mol. The molecule has 2 rings (SSSR count). The zero-order valence-corrected chi connectivity index (χ0v) is 10.6. The first kappa shape index (κ1) is 12.1. The molecule has 1 aromatic heterocycles. The summed E-state index contributed by atoms with van der Waals surface area (Å²) in [6.45, 7) is 2.74. The van der Waals surface area contributed by atoms with Crippen LogP contribution in [-0.2, 0) is 17.8 Å². The first-order chi connectivity index (χ1) is 8.36. The maximum Gasteiger partial charge on any atom is 0.0483 e. The molecule has 0 bridgehead atoms. The maximum atomic E-state index is 5.10. The molecule has 0 saturated carbocycles. The van der Waals surface area contributed by atoms with Gasteiger partial charge in [0.15, 0.2) is 0 Å². The first-order valence-electron chi connectivity index (χ1n) is 6.07. The molecule has 0 amide bonds. The van der Waals surface area contributed by atoms with Crippen LogP contribution in [0.2, 0.25) is 0 Å². The van der Waals surface area contributed by atoms with Crippen LogP contribution in [0.3, 0.4) is 0 Å². The second kappa shape index (κ2) is 5.84. The van der Waals surface area contributed by atoms with Crippen LogP contribution in [0.1, 0.15) is 12.0 Å². The lowest BCUT2D eigenvalue weighted by molar-refractivity contribution is 0.190. The normalized spacial score (nSPS) is 11.2. The molecule has 1 N–H and O–H groups in total. The van der Waals surface area contributed by atoms with Crippen LogP contribution in [0.25, 0.3) is 10.9 Å². The number of fused-ring (bicyclic) bond motifs is 1. The molecule has 0 aliphatic heterocycles. The quantitative estimate of drug-likeness (QED) is 0.774. The molecular formula is C14H20N2O. The molecule has 0 spiro atoms. The molecule has 0 radical (unpaired) electrons. The summed E-state index contributed by atoms with van der Waals surface area (Å²) >= 11 is 0. The summed E-state index contributed by atoms with van der Waals surface area (Å²) in [6, 6.07) is 8.56. The lowest BCUT2D eigenvalue weighted by Gasteiger charge is -2.04. The van der Waals surface area contributed by atoms with Crippen LogP contribution in [0.4, 0.5) is 0 Å². The standard InChI is InChI=1S/C14H20N2O/c1-15-10-12-11-16(8-5-9-17-2)14-7-4-3-6-13(12)14/h3-4,6-7,11,15H,5,8-10H2,1-2H3. The highest BCUT2D eigenvalue weighted by molar-refractivity contribution is 5.83. The van der Waals surface area contributed by atoms with E-state index >= 15 is 0 Å². The first-order valence-corrected chi connectivity index (χ1v) is 6.07. The van der Waals surface area contributed by atoms with Gasteiger partial charge in [0.05, 0.1) is 0 Å². The number of nitrogens with zero attached hydrogens (tertiary/aromatic N) is 1. The molecule has 3 nitrogen and oxygen atoms in total. The van der Waals surface area contributed by atoms with E-state index in [1.807, 2.05) is 7.05 Å². The maximum absolute atomic E-state index is 5.10. The summed E-state index contributed by atoms with van der Waals surface area (Å²) in [6.07, 6.45) is 3.30. The van der Waals surface area contributed by atoms with Gasteiger partial charge in [0, 0.05) is 43.9 Å². The number of benzene rings is 1. The Bertz CT molecular complexity index is 476. The summed E-state index contributed by atoms with van der Waals surface area (Å²) in [4.78, 5) is 0. The Labute approximate surface area is 102 Å². The zero-order valence-electron chi connectivity index (χ0n) is 10.6. The number of hydrogen-bond donors (Lipinski definition) is 1. The van der Waals surface area contributed by atoms with Crippen LogP contribution in [0, 0.1) is 0 Å². The summed E-state index contributed by atoms with van der Waals surface area (Å²) < 4.78 is 7.42. The minimum Gasteiger partial charge on any atom is -0.385 e. The summed E-state index contributed by atoms with van der Waals surface area (Å²) in [5, 5.41) is 4.57. The Morgan fingerprint density at radius 1 is 1.29 bits per heavy atom. The Balaban J connectivity index is 2.28. The van der Waals surface area contributed by atoms with Crippen LogP contribution in [0.15, 0.2) is 30.5 Å². The van der Waals surface area contributed by atoms with Crippen molar-refractivity contribution in [3.63, 3.8) is 0 Å². The van der Waals surface area contributed by atoms with E-state index in [9.17, 15) is 0 Å². The van der Waals surface area contributed by atoms with Gasteiger partial charge in [-0.3, -0.25) is 0 Å². The van der Waals surface area contributed by atoms with E-state index in [0.717, 1.165) is 26.1 Å². The molecule has 0 aliphatic carbocycles. The third-order valence-corrected chi connectivity index (χ3v) is 2.99. The van der Waals surface area contributed by atoms with Crippen molar-refractivity contribution >= 4 is 10.9 Å². The van der Waals surface area contributed by atoms with Gasteiger partial charge in [0.25, 0.3) is 0 Å². The highest BCUT2D eigenvalue weighted by atomic mass is 16.5. The highest BCUT2D eigenvalue weighted by Gasteiger charge is 2.06. The van der Waals surface area contributed by atoms with Crippen molar-refractivity contribution < 1.29 is 4.74 Å². The van der Waals surface area contributed by atoms with Gasteiger partial charge in [0.1, 0.15) is 0 Å². The Hall–Kier alpha value is -1.32. The van der Waals surface area contributed by atoms with E-state index in [-0.39, 0.29) is 0 Å². The zero-order chi connectivity index (χ0) is 12.1. The Morgan fingerprint density at radius 3 is 2.88 bits per heavy atom. The van der Waals surface area contributed by atoms with Crippen LogP contribution in [-0.4, -0.2) is 25.3 Å². The monoisotopic (exact) mass is 232 g/mol. The molecule has 92 valence electrons. The van der Waals surface area contributed by atoms with E-state index < -0.39 is 0 Å². The number of para-hydroxylation sites is 1. The Kier molecular flexibility index (Phi) is 4.18. The molecule has 0 atom stereocenters. The minimum atomic E-state index is 0.813. The van der Waals surface area contributed by atoms with Gasteiger partial charge in [-0.25, -0.2) is 0 Å². The predicted octanol–water partition coefficient (Wildman–Crippen LogP) is 2.40. The smallest absolute Gasteiger partial charge is 0.0483 e. The van der Waals surface area contributed by atoms with E-state index in [1.165, 1.54) is 16.5 Å². The average Bonchev–Trinajstić information content (AvgIpc) is 2.70. The fourth-order valence-electron chi connectivity index (χ4n) is 2.22. The molecule has 1 aromatic carbocycles. The molecule has 0 saturated heterocycles. The van der Waals surface area contributed by atoms with Crippen LogP contribution in [0.5, 0.6) is 0 Å². The van der Waals surface area contributed by atoms with E-state index in [2.05, 4.69) is 40.3 Å². The van der Waals surface area contributed by atoms with Crippen LogP contribution < -0.4 is 5.32 Å². The van der Waals surface area contributed by atoms with Gasteiger partial charge in [0.2, 0.25) is 0 Å². The largest absolute Gasteiger partial charge is 0.385 e. The van der Waals surface area contributed by atoms with Gasteiger partial charge in [-0.1, -0.05) is 18.2 Å². The van der Waals surface area contributed by atoms with Crippen molar-refractivity contribution in [2.24, 2.45) is 0 Å². The van der Waals surface area contributed by atoms with Crippen molar-refractivity contribution in [1.82, 2.24) is 9.88 Å². The van der Waals surface area contributed by atoms with Gasteiger partial charge in [-0.2, -0.15) is 0 Å². The third kappa shape index (κ3) is 2.68. The lowest BCUT2D eigenvalue weighted by atomic mass is 10.2. The fourth-order valence-corrected chi connectivity index (χ4v) is 2.22. The second-order valence-corrected chi connectivity index (χ2v) is 4.24. The van der Waals surface area contributed by atoms with Gasteiger partial charge in [-0.05, 0) is 25.1 Å². The number of aromatic nitrogens is 1. The molecule has 2 aromatic rings. The molecule has 0 unspecified atom stereocenters. The van der Waals surface area contributed by atoms with Crippen molar-refractivity contribution in [1.29, 1.82) is 0 Å². The number of methoxy groups -OCH3 is 1. The van der Waals surface area contributed by atoms with Gasteiger partial charge in [-0.15, -0.1) is 0 Å². The highest BCUT2D eigenvalue weighted by Crippen LogP contribution is 2.21. The lowest BCUT2D eigenvalue weighted by Crippen LogP contribution is -2.04. The summed E-state index contributed by atoms with van der Waals surface area (Å²) in [7, 11) is 3.73. The van der Waals surface area contributed by atoms with Crippen molar-refractivity contribution in [3.8, 4) is 0 Å². The van der Waals surface area contributed by atoms with E-state index in [1.54, 1.807) is 7.11 Å². The second-order valence-electron chi connectivity index (χ2n) is 4.24. The number of rotatable bonds is 6. The third-order valence-electron chi connectivity index (χ3n) is 2.99. The van der Waals surface area contributed by atoms with Crippen molar-refractivity contribution in [3.05, 3.63) is 36.0 Å². The van der Waals surface area contributed by atoms with Gasteiger partial charge < -0.3 is 14.6 Å². The molecule has 3 heteroatoms. The molecule has 1 heterocycles. The SMILES string of the molecule is CNCc1cn(CCCOC)c2ccccc12. The number of nitrogens with one attached hydrogen (secondary N) is 1. The van der Waals surface area contributed by atoms with Gasteiger partial charge >= 0.3 is 0 Å². The summed E-state index contributed by atoms with van der Waals surface area (Å²) in [5.41, 5.74) is 2.68. The predicted molar refractivity (Wildman–Crippen MR) is 71.2 cm³/mol. The van der Waals surface area contributed by atoms with Crippen molar-refractivity contribution in [2.45, 2.75) is 19.5 Å². The number of aryl methyl sites for hydroxylation is 1. The molecule has 17 heavy (non-hydrogen) atoms. The van der Waals surface area contributed by atoms with Crippen molar-refractivity contribution in [2.75, 3.05) is 20.8 Å². The molecular weight excluding hydrogens is 212 g/mol. The van der Waals surface area contributed by atoms with E-state index in [4.69, 9.17) is 4.74 Å². The fraction of sp³-hybridized carbons (Fsp3) is 0.429. The topological polar surface area (TPSA) is 26.2 Å². The number of ether oxygens (including phenoxy) is 1. The van der Waals surface area contributed by atoms with E-state index in [0.29, 0.717) is 0 Å². The summed E-state index contributed by atoms with van der Waals surface area (Å²) in [5.74, 6) is 0. The minimum absolute atomic E-state index is 0.813.